The number of fused-ring (bicyclic) bond motifs is 4. The molecule has 2 aromatic carbocycles. The van der Waals surface area contributed by atoms with Crippen LogP contribution in [-0.4, -0.2) is 29.6 Å². The first-order valence-electron chi connectivity index (χ1n) is 12.3. The van der Waals surface area contributed by atoms with Crippen LogP contribution in [0.1, 0.15) is 39.3 Å². The Balaban J connectivity index is 1.86. The van der Waals surface area contributed by atoms with E-state index in [9.17, 15) is 17.1 Å². The van der Waals surface area contributed by atoms with Crippen LogP contribution in [0, 0.1) is 18.3 Å². The third-order valence-corrected chi connectivity index (χ3v) is 6.72. The van der Waals surface area contributed by atoms with E-state index >= 15 is 0 Å². The molecule has 0 aliphatic heterocycles. The maximum absolute atomic E-state index is 14.0. The van der Waals surface area contributed by atoms with Crippen molar-refractivity contribution in [2.75, 3.05) is 6.61 Å². The van der Waals surface area contributed by atoms with Crippen LogP contribution in [-0.2, 0) is 10.5 Å². The smallest absolute Gasteiger partial charge is 0.488 e. The monoisotopic (exact) mass is 547 g/mol. The number of benzene rings is 2. The highest BCUT2D eigenvalue weighted by Crippen LogP contribution is 2.38. The molecule has 39 heavy (non-hydrogen) atoms. The molecule has 8 nitrogen and oxygen atoms in total. The summed E-state index contributed by atoms with van der Waals surface area (Å²) in [6.45, 7) is 8.37. The number of terminal acetylenes is 1. The summed E-state index contributed by atoms with van der Waals surface area (Å²) in [6, 6.07) is 10.3. The second kappa shape index (κ2) is 9.75. The largest absolute Gasteiger partial charge is 0.493 e. The van der Waals surface area contributed by atoms with Crippen LogP contribution >= 0.6 is 0 Å². The van der Waals surface area contributed by atoms with Crippen LogP contribution < -0.4 is 14.3 Å². The number of hydrogen-bond donors (Lipinski definition) is 1. The first-order valence-corrected chi connectivity index (χ1v) is 13.6. The lowest BCUT2D eigenvalue weighted by molar-refractivity contribution is 0.272. The summed E-state index contributed by atoms with van der Waals surface area (Å²) in [4.78, 5) is 21.4. The van der Waals surface area contributed by atoms with Gasteiger partial charge in [-0.1, -0.05) is 29.7 Å². The van der Waals surface area contributed by atoms with Gasteiger partial charge in [-0.05, 0) is 50.1 Å². The van der Waals surface area contributed by atoms with Gasteiger partial charge in [0.1, 0.15) is 11.4 Å². The van der Waals surface area contributed by atoms with E-state index in [1.165, 1.54) is 12.3 Å². The fourth-order valence-electron chi connectivity index (χ4n) is 4.75. The molecule has 0 radical (unpaired) electrons. The van der Waals surface area contributed by atoms with Gasteiger partial charge in [0.2, 0.25) is 0 Å². The number of pyridine rings is 2. The summed E-state index contributed by atoms with van der Waals surface area (Å²) in [7, 11) is -5.24. The van der Waals surface area contributed by atoms with Crippen molar-refractivity contribution in [1.82, 2.24) is 14.5 Å². The lowest BCUT2D eigenvalue weighted by Crippen LogP contribution is -2.14. The Hall–Kier alpha value is -4.36. The minimum atomic E-state index is -5.24. The zero-order chi connectivity index (χ0) is 28.1. The maximum Gasteiger partial charge on any atom is 0.488 e. The van der Waals surface area contributed by atoms with Gasteiger partial charge < -0.3 is 18.5 Å². The van der Waals surface area contributed by atoms with Crippen LogP contribution in [0.3, 0.4) is 0 Å². The van der Waals surface area contributed by atoms with E-state index < -0.39 is 10.5 Å². The van der Waals surface area contributed by atoms with Crippen molar-refractivity contribution >= 4 is 43.3 Å². The fourth-order valence-corrected chi connectivity index (χ4v) is 5.07. The Morgan fingerprint density at radius 3 is 2.54 bits per heavy atom. The van der Waals surface area contributed by atoms with Crippen LogP contribution in [0.5, 0.6) is 11.5 Å². The fraction of sp³-hybridized carbons (Fsp3) is 0.241. The minimum Gasteiger partial charge on any atom is -0.493 e. The molecule has 5 aromatic rings. The normalized spacial score (nSPS) is 12.1. The first-order chi connectivity index (χ1) is 18.5. The van der Waals surface area contributed by atoms with Gasteiger partial charge in [0.15, 0.2) is 11.2 Å². The van der Waals surface area contributed by atoms with Gasteiger partial charge in [-0.15, -0.1) is 6.42 Å². The van der Waals surface area contributed by atoms with Gasteiger partial charge in [0.25, 0.3) is 0 Å². The maximum atomic E-state index is 14.0. The molecular weight excluding hydrogens is 521 g/mol. The molecule has 200 valence electrons. The zero-order valence-electron chi connectivity index (χ0n) is 21.8. The molecular formula is C29H26FN3O5S. The average molecular weight is 548 g/mol. The Bertz CT molecular complexity index is 1970. The number of ether oxygens (including phenoxy) is 1. The summed E-state index contributed by atoms with van der Waals surface area (Å²) in [6.07, 6.45) is 8.18. The Morgan fingerprint density at radius 1 is 1.10 bits per heavy atom. The van der Waals surface area contributed by atoms with Gasteiger partial charge in [-0.2, -0.15) is 8.42 Å². The van der Waals surface area contributed by atoms with Crippen molar-refractivity contribution in [3.63, 3.8) is 0 Å². The van der Waals surface area contributed by atoms with Gasteiger partial charge >= 0.3 is 10.5 Å². The van der Waals surface area contributed by atoms with Crippen molar-refractivity contribution in [2.45, 2.75) is 33.7 Å². The van der Waals surface area contributed by atoms with E-state index in [4.69, 9.17) is 11.2 Å². The van der Waals surface area contributed by atoms with Crippen LogP contribution in [0.25, 0.3) is 44.0 Å². The molecule has 0 atom stereocenters. The van der Waals surface area contributed by atoms with Crippen molar-refractivity contribution < 1.29 is 21.2 Å². The Morgan fingerprint density at radius 2 is 1.87 bits per heavy atom. The van der Waals surface area contributed by atoms with Crippen LogP contribution in [0.15, 0.2) is 53.6 Å². The predicted octanol–water partition coefficient (Wildman–Crippen LogP) is 5.89. The molecule has 0 spiro atoms. The van der Waals surface area contributed by atoms with Crippen molar-refractivity contribution in [3.8, 4) is 35.0 Å². The minimum absolute atomic E-state index is 0.0597. The summed E-state index contributed by atoms with van der Waals surface area (Å²) >= 11 is 0. The van der Waals surface area contributed by atoms with E-state index in [1.54, 1.807) is 18.2 Å². The molecule has 0 fully saturated rings. The van der Waals surface area contributed by atoms with Crippen molar-refractivity contribution in [1.29, 1.82) is 0 Å². The van der Waals surface area contributed by atoms with E-state index in [2.05, 4.69) is 20.1 Å². The van der Waals surface area contributed by atoms with Gasteiger partial charge in [-0.3, -0.25) is 9.78 Å². The molecule has 0 saturated heterocycles. The number of halogens is 1. The lowest BCUT2D eigenvalue weighted by Gasteiger charge is -2.20. The second-order valence-corrected chi connectivity index (χ2v) is 11.0. The molecule has 3 aromatic heterocycles. The lowest BCUT2D eigenvalue weighted by atomic mass is 10.0. The molecule has 0 aliphatic carbocycles. The summed E-state index contributed by atoms with van der Waals surface area (Å²) in [5, 5.41) is 1.76. The van der Waals surface area contributed by atoms with Crippen LogP contribution in [0.2, 0.25) is 0 Å². The number of nitrogens with one attached hydrogen (secondary N) is 1. The molecule has 0 aliphatic rings. The van der Waals surface area contributed by atoms with Gasteiger partial charge in [0.05, 0.1) is 29.1 Å². The van der Waals surface area contributed by atoms with Gasteiger partial charge in [-0.25, -0.2) is 0 Å². The van der Waals surface area contributed by atoms with Gasteiger partial charge in [0, 0.05) is 39.8 Å². The standard InChI is InChI=1S/C29H26FN3O5S/c1-6-18-7-8-21-24(9-18)32-29-27(21)28(34)23-12-26(37-15-16(2)3)22(11-25(23)33(29)17(4)5)19-10-20(14-31-13-19)38-39(30,35)36/h1,7-14,16-17,32H,15H2,2-5H3. The third-order valence-electron chi connectivity index (χ3n) is 6.32. The van der Waals surface area contributed by atoms with Crippen molar-refractivity contribution in [3.05, 3.63) is 64.6 Å². The molecule has 0 saturated carbocycles. The number of hydrogen-bond acceptors (Lipinski definition) is 6. The highest BCUT2D eigenvalue weighted by Gasteiger charge is 2.21. The summed E-state index contributed by atoms with van der Waals surface area (Å²) in [5.74, 6) is 2.92. The Kier molecular flexibility index (Phi) is 6.56. The quantitative estimate of drug-likeness (QED) is 0.201. The average Bonchev–Trinajstić information content (AvgIpc) is 3.24. The number of rotatable bonds is 7. The summed E-state index contributed by atoms with van der Waals surface area (Å²) in [5.41, 5.74) is 3.51. The molecule has 5 rings (SSSR count). The van der Waals surface area contributed by atoms with Crippen molar-refractivity contribution in [2.24, 2.45) is 5.92 Å². The van der Waals surface area contributed by atoms with Crippen LogP contribution in [0.4, 0.5) is 3.89 Å². The molecule has 0 unspecified atom stereocenters. The molecule has 0 bridgehead atoms. The zero-order valence-corrected chi connectivity index (χ0v) is 22.6. The Labute approximate surface area is 224 Å². The third kappa shape index (κ3) is 4.93. The molecule has 10 heteroatoms. The topological polar surface area (TPSA) is 103 Å². The molecule has 3 heterocycles. The number of nitrogens with zero attached hydrogens (tertiary/aromatic N) is 2. The van der Waals surface area contributed by atoms with E-state index in [0.717, 1.165) is 17.1 Å². The molecule has 0 amide bonds. The first kappa shape index (κ1) is 26.3. The highest BCUT2D eigenvalue weighted by molar-refractivity contribution is 7.81. The molecule has 1 N–H and O–H groups in total. The SMILES string of the molecule is C#Cc1ccc2c(c1)[nH]c1c2c(=O)c2cc(OCC(C)C)c(-c3cncc(OS(=O)(=O)F)c3)cc2n1C(C)C. The highest BCUT2D eigenvalue weighted by atomic mass is 32.3. The van der Waals surface area contributed by atoms with E-state index in [1.807, 2.05) is 44.4 Å². The van der Waals surface area contributed by atoms with E-state index in [0.29, 0.717) is 51.0 Å². The second-order valence-electron chi connectivity index (χ2n) is 10.0. The summed E-state index contributed by atoms with van der Waals surface area (Å²) < 4.78 is 47.9. The number of H-pyrrole nitrogens is 1. The number of aromatic nitrogens is 3. The predicted molar refractivity (Wildman–Crippen MR) is 150 cm³/mol. The number of aromatic amines is 1. The van der Waals surface area contributed by atoms with E-state index in [-0.39, 0.29) is 23.1 Å².